The molecule has 2 aromatic carbocycles. The molecule has 0 unspecified atom stereocenters. The highest BCUT2D eigenvalue weighted by Crippen LogP contribution is 2.21. The summed E-state index contributed by atoms with van der Waals surface area (Å²) in [5, 5.41) is 8.81. The first-order valence-corrected chi connectivity index (χ1v) is 7.97. The minimum Gasteiger partial charge on any atom is -0.223 e. The molecule has 3 nitrogen and oxygen atoms in total. The number of hydrogen-bond donors (Lipinski definition) is 0. The molecule has 0 saturated heterocycles. The van der Waals surface area contributed by atoms with Gasteiger partial charge in [-0.1, -0.05) is 6.07 Å². The van der Waals surface area contributed by atoms with Crippen LogP contribution in [-0.4, -0.2) is 8.42 Å². The van der Waals surface area contributed by atoms with E-state index >= 15 is 0 Å². The standard InChI is InChI=1S/C16H14FNO2S/c1-11-3-5-15(7-12(11)2)21(19,20)10-14-8-13(9-18)4-6-16(14)17/h3-8H,10H2,1-2H3. The van der Waals surface area contributed by atoms with E-state index in [0.29, 0.717) is 0 Å². The van der Waals surface area contributed by atoms with Crippen molar-refractivity contribution in [2.24, 2.45) is 0 Å². The second-order valence-corrected chi connectivity index (χ2v) is 6.91. The fourth-order valence-electron chi connectivity index (χ4n) is 1.95. The van der Waals surface area contributed by atoms with Crippen molar-refractivity contribution in [1.29, 1.82) is 5.26 Å². The third-order valence-corrected chi connectivity index (χ3v) is 5.02. The summed E-state index contributed by atoms with van der Waals surface area (Å²) in [5.41, 5.74) is 2.10. The van der Waals surface area contributed by atoms with Crippen LogP contribution in [-0.2, 0) is 15.6 Å². The molecule has 0 aliphatic carbocycles. The maximum absolute atomic E-state index is 13.7. The molecule has 108 valence electrons. The van der Waals surface area contributed by atoms with E-state index < -0.39 is 21.4 Å². The van der Waals surface area contributed by atoms with Gasteiger partial charge < -0.3 is 0 Å². The zero-order chi connectivity index (χ0) is 15.6. The van der Waals surface area contributed by atoms with Crippen LogP contribution in [0, 0.1) is 31.0 Å². The van der Waals surface area contributed by atoms with E-state index in [1.165, 1.54) is 18.2 Å². The van der Waals surface area contributed by atoms with Crippen molar-refractivity contribution in [3.05, 3.63) is 64.5 Å². The first-order valence-electron chi connectivity index (χ1n) is 6.32. The number of rotatable bonds is 3. The van der Waals surface area contributed by atoms with Gasteiger partial charge in [0.15, 0.2) is 9.84 Å². The molecule has 0 radical (unpaired) electrons. The smallest absolute Gasteiger partial charge is 0.182 e. The van der Waals surface area contributed by atoms with Crippen LogP contribution in [0.15, 0.2) is 41.3 Å². The molecule has 2 aromatic rings. The predicted octanol–water partition coefficient (Wildman–Crippen LogP) is 3.29. The molecule has 0 amide bonds. The maximum atomic E-state index is 13.7. The summed E-state index contributed by atoms with van der Waals surface area (Å²) in [6, 6.07) is 10.4. The summed E-state index contributed by atoms with van der Waals surface area (Å²) in [6.07, 6.45) is 0. The molecule has 2 rings (SSSR count). The topological polar surface area (TPSA) is 57.9 Å². The zero-order valence-corrected chi connectivity index (χ0v) is 12.5. The molecular formula is C16H14FNO2S. The summed E-state index contributed by atoms with van der Waals surface area (Å²) in [4.78, 5) is 0.160. The molecule has 0 aromatic heterocycles. The van der Waals surface area contributed by atoms with Crippen molar-refractivity contribution in [3.8, 4) is 6.07 Å². The van der Waals surface area contributed by atoms with Crippen LogP contribution in [0.1, 0.15) is 22.3 Å². The van der Waals surface area contributed by atoms with Gasteiger partial charge in [-0.25, -0.2) is 12.8 Å². The Bertz CT molecular complexity index is 836. The number of nitriles is 1. The Morgan fingerprint density at radius 3 is 2.43 bits per heavy atom. The highest BCUT2D eigenvalue weighted by Gasteiger charge is 2.18. The van der Waals surface area contributed by atoms with Crippen molar-refractivity contribution in [2.45, 2.75) is 24.5 Å². The number of nitrogens with zero attached hydrogens (tertiary/aromatic N) is 1. The summed E-state index contributed by atoms with van der Waals surface area (Å²) in [7, 11) is -3.65. The SMILES string of the molecule is Cc1ccc(S(=O)(=O)Cc2cc(C#N)ccc2F)cc1C. The molecule has 0 atom stereocenters. The monoisotopic (exact) mass is 303 g/mol. The minimum atomic E-state index is -3.65. The molecule has 0 fully saturated rings. The van der Waals surface area contributed by atoms with Gasteiger partial charge in [0.25, 0.3) is 0 Å². The lowest BCUT2D eigenvalue weighted by Gasteiger charge is -2.08. The van der Waals surface area contributed by atoms with E-state index in [-0.39, 0.29) is 16.0 Å². The van der Waals surface area contributed by atoms with Crippen LogP contribution < -0.4 is 0 Å². The fraction of sp³-hybridized carbons (Fsp3) is 0.188. The van der Waals surface area contributed by atoms with Gasteiger partial charge in [0.05, 0.1) is 22.3 Å². The van der Waals surface area contributed by atoms with Gasteiger partial charge in [0, 0.05) is 5.56 Å². The molecule has 0 aliphatic heterocycles. The van der Waals surface area contributed by atoms with Crippen molar-refractivity contribution in [1.82, 2.24) is 0 Å². The van der Waals surface area contributed by atoms with Crippen LogP contribution in [0.3, 0.4) is 0 Å². The molecule has 21 heavy (non-hydrogen) atoms. The number of halogens is 1. The Hall–Kier alpha value is -2.19. The quantitative estimate of drug-likeness (QED) is 0.874. The van der Waals surface area contributed by atoms with Gasteiger partial charge in [-0.05, 0) is 55.3 Å². The Morgan fingerprint density at radius 2 is 1.81 bits per heavy atom. The van der Waals surface area contributed by atoms with Gasteiger partial charge in [-0.15, -0.1) is 0 Å². The number of hydrogen-bond acceptors (Lipinski definition) is 3. The van der Waals surface area contributed by atoms with Crippen molar-refractivity contribution >= 4 is 9.84 Å². The van der Waals surface area contributed by atoms with E-state index in [4.69, 9.17) is 5.26 Å². The Balaban J connectivity index is 2.42. The lowest BCUT2D eigenvalue weighted by Crippen LogP contribution is -2.07. The van der Waals surface area contributed by atoms with Gasteiger partial charge in [-0.3, -0.25) is 0 Å². The summed E-state index contributed by atoms with van der Waals surface area (Å²) in [6.45, 7) is 3.72. The minimum absolute atomic E-state index is 0.00674. The zero-order valence-electron chi connectivity index (χ0n) is 11.7. The molecular weight excluding hydrogens is 289 g/mol. The number of benzene rings is 2. The Kier molecular flexibility index (Phi) is 4.10. The third kappa shape index (κ3) is 3.29. The van der Waals surface area contributed by atoms with Crippen LogP contribution >= 0.6 is 0 Å². The predicted molar refractivity (Wildman–Crippen MR) is 77.9 cm³/mol. The second kappa shape index (κ2) is 5.66. The Labute approximate surface area is 123 Å². The first-order chi connectivity index (χ1) is 9.83. The number of aryl methyl sites for hydroxylation is 2. The molecule has 5 heteroatoms. The van der Waals surface area contributed by atoms with E-state index in [9.17, 15) is 12.8 Å². The van der Waals surface area contributed by atoms with Crippen LogP contribution in [0.4, 0.5) is 4.39 Å². The lowest BCUT2D eigenvalue weighted by atomic mass is 10.1. The fourth-order valence-corrected chi connectivity index (χ4v) is 3.38. The van der Waals surface area contributed by atoms with Crippen LogP contribution in [0.5, 0.6) is 0 Å². The van der Waals surface area contributed by atoms with Crippen molar-refractivity contribution in [2.75, 3.05) is 0 Å². The first kappa shape index (κ1) is 15.2. The average Bonchev–Trinajstić information content (AvgIpc) is 2.44. The summed E-state index contributed by atoms with van der Waals surface area (Å²) in [5.74, 6) is -1.09. The summed E-state index contributed by atoms with van der Waals surface area (Å²) < 4.78 is 38.5. The third-order valence-electron chi connectivity index (χ3n) is 3.36. The van der Waals surface area contributed by atoms with E-state index in [1.54, 1.807) is 12.1 Å². The van der Waals surface area contributed by atoms with Crippen molar-refractivity contribution < 1.29 is 12.8 Å². The van der Waals surface area contributed by atoms with E-state index in [2.05, 4.69) is 0 Å². The van der Waals surface area contributed by atoms with E-state index in [0.717, 1.165) is 17.2 Å². The highest BCUT2D eigenvalue weighted by atomic mass is 32.2. The van der Waals surface area contributed by atoms with Crippen LogP contribution in [0.2, 0.25) is 0 Å². The largest absolute Gasteiger partial charge is 0.223 e. The lowest BCUT2D eigenvalue weighted by molar-refractivity contribution is 0.587. The van der Waals surface area contributed by atoms with Gasteiger partial charge >= 0.3 is 0 Å². The van der Waals surface area contributed by atoms with Gasteiger partial charge in [-0.2, -0.15) is 5.26 Å². The van der Waals surface area contributed by atoms with E-state index in [1.807, 2.05) is 19.9 Å². The summed E-state index contributed by atoms with van der Waals surface area (Å²) >= 11 is 0. The van der Waals surface area contributed by atoms with Gasteiger partial charge in [0.2, 0.25) is 0 Å². The molecule has 0 spiro atoms. The molecule has 0 aliphatic rings. The molecule has 0 bridgehead atoms. The van der Waals surface area contributed by atoms with Crippen molar-refractivity contribution in [3.63, 3.8) is 0 Å². The number of sulfone groups is 1. The average molecular weight is 303 g/mol. The molecule has 0 heterocycles. The Morgan fingerprint density at radius 1 is 1.10 bits per heavy atom. The highest BCUT2D eigenvalue weighted by molar-refractivity contribution is 7.90. The maximum Gasteiger partial charge on any atom is 0.182 e. The van der Waals surface area contributed by atoms with Gasteiger partial charge in [0.1, 0.15) is 5.82 Å². The molecule has 0 saturated carbocycles. The normalized spacial score (nSPS) is 11.1. The van der Waals surface area contributed by atoms with Crippen LogP contribution in [0.25, 0.3) is 0 Å². The second-order valence-electron chi connectivity index (χ2n) is 4.92. The molecule has 0 N–H and O–H groups in total.